The molecule has 104 valence electrons. The Kier molecular flexibility index (Phi) is 4.93. The molecule has 4 nitrogen and oxygen atoms in total. The van der Waals surface area contributed by atoms with E-state index in [4.69, 9.17) is 10.5 Å². The van der Waals surface area contributed by atoms with Crippen molar-refractivity contribution < 1.29 is 9.53 Å². The number of nitrogens with one attached hydrogen (secondary N) is 1. The first-order valence-electron chi connectivity index (χ1n) is 6.93. The zero-order valence-corrected chi connectivity index (χ0v) is 11.4. The van der Waals surface area contributed by atoms with Gasteiger partial charge in [-0.2, -0.15) is 0 Å². The predicted molar refractivity (Wildman–Crippen MR) is 75.1 cm³/mol. The Bertz CT molecular complexity index is 428. The van der Waals surface area contributed by atoms with Crippen LogP contribution in [0.25, 0.3) is 0 Å². The van der Waals surface area contributed by atoms with Gasteiger partial charge in [-0.25, -0.2) is 0 Å². The summed E-state index contributed by atoms with van der Waals surface area (Å²) in [4.78, 5) is 12.3. The first-order chi connectivity index (χ1) is 9.22. The topological polar surface area (TPSA) is 64.4 Å². The molecule has 1 amide bonds. The highest BCUT2D eigenvalue weighted by atomic mass is 16.5. The molecule has 1 fully saturated rings. The smallest absolute Gasteiger partial charge is 0.251 e. The van der Waals surface area contributed by atoms with E-state index in [0.29, 0.717) is 6.54 Å². The molecule has 1 aromatic rings. The zero-order valence-electron chi connectivity index (χ0n) is 11.4. The summed E-state index contributed by atoms with van der Waals surface area (Å²) >= 11 is 0. The van der Waals surface area contributed by atoms with Gasteiger partial charge in [0.25, 0.3) is 5.91 Å². The van der Waals surface area contributed by atoms with Crippen molar-refractivity contribution in [1.82, 2.24) is 5.32 Å². The summed E-state index contributed by atoms with van der Waals surface area (Å²) in [7, 11) is 0. The van der Waals surface area contributed by atoms with E-state index in [1.807, 2.05) is 31.2 Å². The van der Waals surface area contributed by atoms with Crippen LogP contribution in [0.5, 0.6) is 0 Å². The van der Waals surface area contributed by atoms with Crippen molar-refractivity contribution in [3.63, 3.8) is 0 Å². The normalized spacial score (nSPS) is 20.2. The second-order valence-corrected chi connectivity index (χ2v) is 5.01. The maximum Gasteiger partial charge on any atom is 0.251 e. The SMILES string of the molecule is CC(NC(=O)c1ccccc1CCN)C1CCCO1. The lowest BCUT2D eigenvalue weighted by Gasteiger charge is -2.20. The molecule has 0 radical (unpaired) electrons. The summed E-state index contributed by atoms with van der Waals surface area (Å²) in [5.41, 5.74) is 7.30. The maximum absolute atomic E-state index is 12.3. The number of amides is 1. The van der Waals surface area contributed by atoms with Crippen LogP contribution in [0.4, 0.5) is 0 Å². The van der Waals surface area contributed by atoms with Crippen LogP contribution in [0.3, 0.4) is 0 Å². The van der Waals surface area contributed by atoms with Gasteiger partial charge in [0, 0.05) is 12.2 Å². The lowest BCUT2D eigenvalue weighted by atomic mass is 10.0. The van der Waals surface area contributed by atoms with Crippen LogP contribution in [-0.4, -0.2) is 31.2 Å². The van der Waals surface area contributed by atoms with Gasteiger partial charge in [-0.3, -0.25) is 4.79 Å². The van der Waals surface area contributed by atoms with Gasteiger partial charge in [-0.05, 0) is 44.4 Å². The number of carbonyl (C=O) groups is 1. The van der Waals surface area contributed by atoms with Crippen LogP contribution in [0.15, 0.2) is 24.3 Å². The fraction of sp³-hybridized carbons (Fsp3) is 0.533. The van der Waals surface area contributed by atoms with E-state index in [-0.39, 0.29) is 18.1 Å². The fourth-order valence-electron chi connectivity index (χ4n) is 2.49. The molecule has 0 bridgehead atoms. The van der Waals surface area contributed by atoms with E-state index in [2.05, 4.69) is 5.32 Å². The molecule has 0 aliphatic carbocycles. The van der Waals surface area contributed by atoms with Crippen molar-refractivity contribution in [2.75, 3.05) is 13.2 Å². The quantitative estimate of drug-likeness (QED) is 0.845. The number of benzene rings is 1. The molecule has 2 rings (SSSR count). The third-order valence-electron chi connectivity index (χ3n) is 3.56. The van der Waals surface area contributed by atoms with E-state index in [1.54, 1.807) is 0 Å². The minimum Gasteiger partial charge on any atom is -0.376 e. The molecular formula is C15H22N2O2. The monoisotopic (exact) mass is 262 g/mol. The molecule has 2 unspecified atom stereocenters. The third kappa shape index (κ3) is 3.55. The molecular weight excluding hydrogens is 240 g/mol. The predicted octanol–water partition coefficient (Wildman–Crippen LogP) is 1.49. The fourth-order valence-corrected chi connectivity index (χ4v) is 2.49. The first-order valence-corrected chi connectivity index (χ1v) is 6.93. The summed E-state index contributed by atoms with van der Waals surface area (Å²) < 4.78 is 5.59. The Morgan fingerprint density at radius 2 is 2.32 bits per heavy atom. The molecule has 1 saturated heterocycles. The molecule has 4 heteroatoms. The second kappa shape index (κ2) is 6.68. The molecule has 3 N–H and O–H groups in total. The number of nitrogens with two attached hydrogens (primary N) is 1. The number of ether oxygens (including phenoxy) is 1. The molecule has 1 aliphatic rings. The van der Waals surface area contributed by atoms with Gasteiger partial charge in [0.2, 0.25) is 0 Å². The zero-order chi connectivity index (χ0) is 13.7. The summed E-state index contributed by atoms with van der Waals surface area (Å²) in [5.74, 6) is -0.0351. The van der Waals surface area contributed by atoms with Crippen LogP contribution in [0.1, 0.15) is 35.7 Å². The van der Waals surface area contributed by atoms with Crippen molar-refractivity contribution in [3.8, 4) is 0 Å². The lowest BCUT2D eigenvalue weighted by molar-refractivity contribution is 0.0712. The third-order valence-corrected chi connectivity index (χ3v) is 3.56. The number of rotatable bonds is 5. The van der Waals surface area contributed by atoms with Crippen LogP contribution in [0.2, 0.25) is 0 Å². The molecule has 2 atom stereocenters. The highest BCUT2D eigenvalue weighted by molar-refractivity contribution is 5.95. The Labute approximate surface area is 114 Å². The Morgan fingerprint density at radius 3 is 3.00 bits per heavy atom. The van der Waals surface area contributed by atoms with Gasteiger partial charge in [-0.15, -0.1) is 0 Å². The van der Waals surface area contributed by atoms with E-state index in [0.717, 1.165) is 37.0 Å². The second-order valence-electron chi connectivity index (χ2n) is 5.01. The lowest BCUT2D eigenvalue weighted by Crippen LogP contribution is -2.41. The summed E-state index contributed by atoms with van der Waals surface area (Å²) in [5, 5.41) is 3.03. The van der Waals surface area contributed by atoms with Gasteiger partial charge in [-0.1, -0.05) is 18.2 Å². The van der Waals surface area contributed by atoms with Crippen LogP contribution in [-0.2, 0) is 11.2 Å². The van der Waals surface area contributed by atoms with Gasteiger partial charge in [0.1, 0.15) is 0 Å². The molecule has 0 spiro atoms. The van der Waals surface area contributed by atoms with Crippen LogP contribution >= 0.6 is 0 Å². The standard InChI is InChI=1S/C15H22N2O2/c1-11(14-7-4-10-19-14)17-15(18)13-6-3-2-5-12(13)8-9-16/h2-3,5-6,11,14H,4,7-10,16H2,1H3,(H,17,18). The average molecular weight is 262 g/mol. The molecule has 0 saturated carbocycles. The molecule has 0 aromatic heterocycles. The Balaban J connectivity index is 2.02. The van der Waals surface area contributed by atoms with Gasteiger partial charge in [0.15, 0.2) is 0 Å². The van der Waals surface area contributed by atoms with E-state index < -0.39 is 0 Å². The van der Waals surface area contributed by atoms with E-state index in [1.165, 1.54) is 0 Å². The highest BCUT2D eigenvalue weighted by Gasteiger charge is 2.24. The maximum atomic E-state index is 12.3. The molecule has 1 aromatic carbocycles. The van der Waals surface area contributed by atoms with Crippen molar-refractivity contribution >= 4 is 5.91 Å². The Hall–Kier alpha value is -1.39. The number of hydrogen-bond donors (Lipinski definition) is 2. The summed E-state index contributed by atoms with van der Waals surface area (Å²) in [6.45, 7) is 3.35. The van der Waals surface area contributed by atoms with Crippen LogP contribution in [0, 0.1) is 0 Å². The largest absolute Gasteiger partial charge is 0.376 e. The van der Waals surface area contributed by atoms with E-state index in [9.17, 15) is 4.79 Å². The molecule has 1 heterocycles. The van der Waals surface area contributed by atoms with Gasteiger partial charge >= 0.3 is 0 Å². The first kappa shape index (κ1) is 14.0. The number of hydrogen-bond acceptors (Lipinski definition) is 3. The molecule has 19 heavy (non-hydrogen) atoms. The molecule has 1 aliphatic heterocycles. The Morgan fingerprint density at radius 1 is 1.53 bits per heavy atom. The minimum atomic E-state index is -0.0351. The summed E-state index contributed by atoms with van der Waals surface area (Å²) in [6, 6.07) is 7.67. The van der Waals surface area contributed by atoms with Crippen molar-refractivity contribution in [2.24, 2.45) is 5.73 Å². The van der Waals surface area contributed by atoms with Crippen molar-refractivity contribution in [3.05, 3.63) is 35.4 Å². The average Bonchev–Trinajstić information content (AvgIpc) is 2.93. The number of carbonyl (C=O) groups excluding carboxylic acids is 1. The highest BCUT2D eigenvalue weighted by Crippen LogP contribution is 2.16. The van der Waals surface area contributed by atoms with E-state index >= 15 is 0 Å². The minimum absolute atomic E-state index is 0.0351. The van der Waals surface area contributed by atoms with Crippen LogP contribution < -0.4 is 11.1 Å². The summed E-state index contributed by atoms with van der Waals surface area (Å²) in [6.07, 6.45) is 2.96. The van der Waals surface area contributed by atoms with Gasteiger partial charge in [0.05, 0.1) is 12.1 Å². The van der Waals surface area contributed by atoms with Crippen molar-refractivity contribution in [2.45, 2.75) is 38.3 Å². The van der Waals surface area contributed by atoms with Crippen molar-refractivity contribution in [1.29, 1.82) is 0 Å². The van der Waals surface area contributed by atoms with Gasteiger partial charge < -0.3 is 15.8 Å².